The highest BCUT2D eigenvalue weighted by atomic mass is 16.7. The molecule has 4 nitrogen and oxygen atoms in total. The van der Waals surface area contributed by atoms with E-state index in [-0.39, 0.29) is 6.23 Å². The fourth-order valence-electron chi connectivity index (χ4n) is 1.59. The molecule has 0 amide bonds. The normalized spacial score (nSPS) is 20.2. The summed E-state index contributed by atoms with van der Waals surface area (Å²) < 4.78 is 9.99. The lowest BCUT2D eigenvalue weighted by molar-refractivity contribution is 0.0179. The lowest BCUT2D eigenvalue weighted by atomic mass is 10.2. The van der Waals surface area contributed by atoms with Crippen molar-refractivity contribution >= 4 is 6.16 Å². The molecule has 1 rings (SSSR count). The van der Waals surface area contributed by atoms with Gasteiger partial charge in [0, 0.05) is 0 Å². The van der Waals surface area contributed by atoms with Crippen LogP contribution in [0.3, 0.4) is 0 Å². The molecule has 1 unspecified atom stereocenters. The summed E-state index contributed by atoms with van der Waals surface area (Å²) in [7, 11) is 0. The van der Waals surface area contributed by atoms with Gasteiger partial charge in [-0.3, -0.25) is 5.32 Å². The Labute approximate surface area is 91.3 Å². The van der Waals surface area contributed by atoms with Gasteiger partial charge in [-0.2, -0.15) is 0 Å². The molecule has 88 valence electrons. The van der Waals surface area contributed by atoms with E-state index in [9.17, 15) is 4.79 Å². The summed E-state index contributed by atoms with van der Waals surface area (Å²) in [6, 6.07) is 0. The Bertz CT molecular complexity index is 179. The Balaban J connectivity index is 1.93. The van der Waals surface area contributed by atoms with Gasteiger partial charge in [0.1, 0.15) is 0 Å². The highest BCUT2D eigenvalue weighted by Gasteiger charge is 2.18. The lowest BCUT2D eigenvalue weighted by Gasteiger charge is -2.11. The molecule has 1 saturated heterocycles. The van der Waals surface area contributed by atoms with E-state index >= 15 is 0 Å². The van der Waals surface area contributed by atoms with Crippen molar-refractivity contribution in [2.45, 2.75) is 51.7 Å². The van der Waals surface area contributed by atoms with E-state index in [1.165, 1.54) is 12.8 Å². The number of nitrogens with one attached hydrogen (secondary N) is 1. The van der Waals surface area contributed by atoms with Gasteiger partial charge in [0.15, 0.2) is 6.23 Å². The van der Waals surface area contributed by atoms with Crippen LogP contribution in [0.1, 0.15) is 45.4 Å². The van der Waals surface area contributed by atoms with Crippen molar-refractivity contribution in [1.82, 2.24) is 5.32 Å². The van der Waals surface area contributed by atoms with Gasteiger partial charge in [0.2, 0.25) is 0 Å². The Morgan fingerprint density at radius 2 is 2.27 bits per heavy atom. The van der Waals surface area contributed by atoms with E-state index in [0.717, 1.165) is 32.2 Å². The molecule has 0 aromatic carbocycles. The summed E-state index contributed by atoms with van der Waals surface area (Å²) in [6.45, 7) is 3.56. The summed E-state index contributed by atoms with van der Waals surface area (Å²) in [4.78, 5) is 11.1. The molecule has 4 heteroatoms. The van der Waals surface area contributed by atoms with Crippen LogP contribution in [0, 0.1) is 0 Å². The monoisotopic (exact) mass is 215 g/mol. The predicted molar refractivity (Wildman–Crippen MR) is 57.6 cm³/mol. The first kappa shape index (κ1) is 12.3. The molecule has 0 bridgehead atoms. The number of hydrogen-bond acceptors (Lipinski definition) is 4. The minimum absolute atomic E-state index is 0.131. The summed E-state index contributed by atoms with van der Waals surface area (Å²) in [5.41, 5.74) is 0. The van der Waals surface area contributed by atoms with E-state index in [1.54, 1.807) is 0 Å². The third-order valence-corrected chi connectivity index (χ3v) is 2.47. The first-order valence-electron chi connectivity index (χ1n) is 5.89. The van der Waals surface area contributed by atoms with E-state index < -0.39 is 6.16 Å². The minimum Gasteiger partial charge on any atom is -0.434 e. The maximum atomic E-state index is 11.1. The molecule has 0 radical (unpaired) electrons. The standard InChI is InChI=1S/C11H21NO3/c1-2-3-4-5-9-14-11(13)15-10-7-6-8-12-10/h10,12H,2-9H2,1H3. The van der Waals surface area contributed by atoms with Crippen molar-refractivity contribution in [3.63, 3.8) is 0 Å². The summed E-state index contributed by atoms with van der Waals surface area (Å²) in [5, 5.41) is 3.08. The van der Waals surface area contributed by atoms with Crippen LogP contribution in [0.5, 0.6) is 0 Å². The molecular formula is C11H21NO3. The van der Waals surface area contributed by atoms with E-state index in [2.05, 4.69) is 12.2 Å². The average Bonchev–Trinajstić information content (AvgIpc) is 2.70. The van der Waals surface area contributed by atoms with Crippen molar-refractivity contribution in [3.05, 3.63) is 0 Å². The van der Waals surface area contributed by atoms with Crippen LogP contribution >= 0.6 is 0 Å². The van der Waals surface area contributed by atoms with Crippen molar-refractivity contribution in [1.29, 1.82) is 0 Å². The molecule has 1 aliphatic heterocycles. The Morgan fingerprint density at radius 1 is 1.40 bits per heavy atom. The van der Waals surface area contributed by atoms with Crippen LogP contribution in [-0.4, -0.2) is 25.5 Å². The first-order valence-corrected chi connectivity index (χ1v) is 5.89. The zero-order valence-electron chi connectivity index (χ0n) is 9.46. The second-order valence-corrected chi connectivity index (χ2v) is 3.86. The van der Waals surface area contributed by atoms with Crippen LogP contribution in [0.15, 0.2) is 0 Å². The molecule has 0 spiro atoms. The van der Waals surface area contributed by atoms with Gasteiger partial charge in [-0.05, 0) is 25.8 Å². The average molecular weight is 215 g/mol. The first-order chi connectivity index (χ1) is 7.33. The molecule has 1 N–H and O–H groups in total. The number of unbranched alkanes of at least 4 members (excludes halogenated alkanes) is 3. The molecule has 15 heavy (non-hydrogen) atoms. The van der Waals surface area contributed by atoms with Crippen LogP contribution in [-0.2, 0) is 9.47 Å². The highest BCUT2D eigenvalue weighted by molar-refractivity contribution is 5.60. The third kappa shape index (κ3) is 5.62. The number of rotatable bonds is 6. The van der Waals surface area contributed by atoms with Gasteiger partial charge in [0.25, 0.3) is 0 Å². The SMILES string of the molecule is CCCCCCOC(=O)OC1CCCN1. The van der Waals surface area contributed by atoms with Crippen molar-refractivity contribution in [2.24, 2.45) is 0 Å². The highest BCUT2D eigenvalue weighted by Crippen LogP contribution is 2.07. The molecule has 0 aromatic rings. The fraction of sp³-hybridized carbons (Fsp3) is 0.909. The van der Waals surface area contributed by atoms with Gasteiger partial charge in [-0.15, -0.1) is 0 Å². The largest absolute Gasteiger partial charge is 0.509 e. The van der Waals surface area contributed by atoms with Crippen molar-refractivity contribution < 1.29 is 14.3 Å². The van der Waals surface area contributed by atoms with Gasteiger partial charge < -0.3 is 9.47 Å². The second-order valence-electron chi connectivity index (χ2n) is 3.86. The molecule has 0 saturated carbocycles. The number of carbonyl (C=O) groups excluding carboxylic acids is 1. The summed E-state index contributed by atoms with van der Waals surface area (Å²) in [6.07, 6.45) is 5.73. The van der Waals surface area contributed by atoms with E-state index in [0.29, 0.717) is 6.61 Å². The summed E-state index contributed by atoms with van der Waals surface area (Å²) in [5.74, 6) is 0. The van der Waals surface area contributed by atoms with Gasteiger partial charge in [-0.1, -0.05) is 26.2 Å². The number of hydrogen-bond donors (Lipinski definition) is 1. The smallest absolute Gasteiger partial charge is 0.434 e. The number of carbonyl (C=O) groups is 1. The van der Waals surface area contributed by atoms with E-state index in [1.807, 2.05) is 0 Å². The van der Waals surface area contributed by atoms with Crippen molar-refractivity contribution in [3.8, 4) is 0 Å². The van der Waals surface area contributed by atoms with Crippen LogP contribution in [0.4, 0.5) is 4.79 Å². The van der Waals surface area contributed by atoms with Gasteiger partial charge >= 0.3 is 6.16 Å². The second kappa shape index (κ2) is 7.51. The Hall–Kier alpha value is -0.770. The third-order valence-electron chi connectivity index (χ3n) is 2.47. The van der Waals surface area contributed by atoms with Gasteiger partial charge in [0.05, 0.1) is 6.61 Å². The minimum atomic E-state index is -0.536. The van der Waals surface area contributed by atoms with Crippen LogP contribution in [0.25, 0.3) is 0 Å². The Kier molecular flexibility index (Phi) is 6.16. The predicted octanol–water partition coefficient (Wildman–Crippen LogP) is 2.43. The van der Waals surface area contributed by atoms with Gasteiger partial charge in [-0.25, -0.2) is 4.79 Å². The Morgan fingerprint density at radius 3 is 2.93 bits per heavy atom. The molecule has 1 atom stereocenters. The molecule has 1 aliphatic rings. The maximum Gasteiger partial charge on any atom is 0.509 e. The molecule has 1 fully saturated rings. The van der Waals surface area contributed by atoms with Crippen LogP contribution in [0.2, 0.25) is 0 Å². The molecular weight excluding hydrogens is 194 g/mol. The maximum absolute atomic E-state index is 11.1. The number of ether oxygens (including phenoxy) is 2. The molecule has 0 aromatic heterocycles. The molecule has 1 heterocycles. The van der Waals surface area contributed by atoms with Crippen LogP contribution < -0.4 is 5.32 Å². The van der Waals surface area contributed by atoms with E-state index in [4.69, 9.17) is 9.47 Å². The topological polar surface area (TPSA) is 47.6 Å². The zero-order valence-corrected chi connectivity index (χ0v) is 9.46. The fourth-order valence-corrected chi connectivity index (χ4v) is 1.59. The summed E-state index contributed by atoms with van der Waals surface area (Å²) >= 11 is 0. The van der Waals surface area contributed by atoms with Crippen molar-refractivity contribution in [2.75, 3.05) is 13.2 Å². The lowest BCUT2D eigenvalue weighted by Crippen LogP contribution is -2.28. The molecule has 0 aliphatic carbocycles. The zero-order chi connectivity index (χ0) is 10.9. The quantitative estimate of drug-likeness (QED) is 0.546.